The zero-order chi connectivity index (χ0) is 34.5. The van der Waals surface area contributed by atoms with Gasteiger partial charge in [-0.15, -0.1) is 0 Å². The molecular weight excluding hydrogens is 661 g/mol. The predicted octanol–water partition coefficient (Wildman–Crippen LogP) is 6.54. The van der Waals surface area contributed by atoms with Crippen molar-refractivity contribution in [3.05, 3.63) is 95.6 Å². The quantitative estimate of drug-likeness (QED) is 0.211. The molecule has 3 aromatic carbocycles. The zero-order valence-corrected chi connectivity index (χ0v) is 26.2. The molecule has 1 aliphatic heterocycles. The monoisotopic (exact) mass is 687 g/mol. The molecule has 48 heavy (non-hydrogen) atoms. The number of aliphatic imine (C=N–C) groups is 1. The smallest absolute Gasteiger partial charge is 0.422 e. The van der Waals surface area contributed by atoms with Gasteiger partial charge < -0.3 is 19.2 Å². The molecule has 0 fully saturated rings. The van der Waals surface area contributed by atoms with Crippen LogP contribution in [-0.2, 0) is 14.8 Å². The number of nitrogens with zero attached hydrogens (tertiary/aromatic N) is 2. The van der Waals surface area contributed by atoms with Crippen LogP contribution in [0.3, 0.4) is 0 Å². The molecule has 0 spiro atoms. The van der Waals surface area contributed by atoms with Crippen LogP contribution in [0.5, 0.6) is 5.75 Å². The fourth-order valence-corrected chi connectivity index (χ4v) is 5.89. The summed E-state index contributed by atoms with van der Waals surface area (Å²) in [7, 11) is -1.20. The molecule has 0 bridgehead atoms. The number of allylic oxidation sites excluding steroid dienone is 2. The van der Waals surface area contributed by atoms with E-state index in [-0.39, 0.29) is 56.3 Å². The van der Waals surface area contributed by atoms with E-state index in [0.717, 1.165) is 10.6 Å². The summed E-state index contributed by atoms with van der Waals surface area (Å²) in [6, 6.07) is 11.1. The molecule has 4 aromatic rings. The average molecular weight is 688 g/mol. The molecule has 1 aliphatic carbocycles. The molecule has 2 unspecified atom stereocenters. The molecule has 2 aliphatic rings. The van der Waals surface area contributed by atoms with E-state index < -0.39 is 52.5 Å². The minimum absolute atomic E-state index is 0.0499. The van der Waals surface area contributed by atoms with Crippen LogP contribution in [0, 0.1) is 5.82 Å². The number of rotatable bonds is 8. The van der Waals surface area contributed by atoms with E-state index in [9.17, 15) is 35.2 Å². The van der Waals surface area contributed by atoms with Crippen LogP contribution in [-0.4, -0.2) is 65.5 Å². The average Bonchev–Trinajstić information content (AvgIpc) is 3.64. The first-order valence-electron chi connectivity index (χ1n) is 14.3. The molecule has 0 radical (unpaired) electrons. The summed E-state index contributed by atoms with van der Waals surface area (Å²) in [6.45, 7) is -1.64. The number of anilines is 1. The summed E-state index contributed by atoms with van der Waals surface area (Å²) in [5.41, 5.74) is 1.07. The number of sulfonamides is 1. The molecule has 2 atom stereocenters. The molecule has 1 N–H and O–H groups in total. The number of amides is 1. The van der Waals surface area contributed by atoms with Crippen molar-refractivity contribution in [3.63, 3.8) is 0 Å². The van der Waals surface area contributed by atoms with Gasteiger partial charge in [-0.25, -0.2) is 22.2 Å². The minimum Gasteiger partial charge on any atom is -0.483 e. The van der Waals surface area contributed by atoms with Crippen molar-refractivity contribution in [1.82, 2.24) is 5.32 Å². The predicted molar refractivity (Wildman–Crippen MR) is 169 cm³/mol. The molecule has 6 rings (SSSR count). The number of furan rings is 1. The molecule has 2 heterocycles. The maximum atomic E-state index is 14.6. The normalized spacial score (nSPS) is 17.4. The number of hydrogen-bond donors (Lipinski definition) is 1. The summed E-state index contributed by atoms with van der Waals surface area (Å²) in [4.78, 5) is 17.5. The molecule has 15 heteroatoms. The van der Waals surface area contributed by atoms with Crippen LogP contribution in [0.4, 0.5) is 27.6 Å². The number of alkyl halides is 3. The summed E-state index contributed by atoms with van der Waals surface area (Å²) in [5, 5.41) is 2.80. The number of benzene rings is 3. The van der Waals surface area contributed by atoms with Gasteiger partial charge in [0.05, 0.1) is 23.1 Å². The summed E-state index contributed by atoms with van der Waals surface area (Å²) in [5.74, 6) is -2.04. The Morgan fingerprint density at radius 2 is 1.75 bits per heavy atom. The fraction of sp³-hybridized carbons (Fsp3) is 0.212. The number of ether oxygens (including phenoxy) is 2. The van der Waals surface area contributed by atoms with Crippen molar-refractivity contribution in [2.45, 2.75) is 18.3 Å². The van der Waals surface area contributed by atoms with Gasteiger partial charge >= 0.3 is 6.18 Å². The molecule has 0 saturated heterocycles. The lowest BCUT2D eigenvalue weighted by atomic mass is 9.97. The van der Waals surface area contributed by atoms with E-state index in [1.807, 2.05) is 0 Å². The number of fused-ring (bicyclic) bond motifs is 2. The topological polar surface area (TPSA) is 110 Å². The Morgan fingerprint density at radius 3 is 2.40 bits per heavy atom. The molecule has 0 saturated carbocycles. The lowest BCUT2D eigenvalue weighted by Gasteiger charge is -2.21. The van der Waals surface area contributed by atoms with Crippen molar-refractivity contribution in [1.29, 1.82) is 0 Å². The largest absolute Gasteiger partial charge is 0.483 e. The van der Waals surface area contributed by atoms with Gasteiger partial charge in [-0.3, -0.25) is 9.10 Å². The van der Waals surface area contributed by atoms with E-state index in [1.54, 1.807) is 6.08 Å². The van der Waals surface area contributed by atoms with Gasteiger partial charge in [-0.2, -0.15) is 13.2 Å². The lowest BCUT2D eigenvalue weighted by Crippen LogP contribution is -2.25. The van der Waals surface area contributed by atoms with Crippen LogP contribution < -0.4 is 14.4 Å². The SMILES string of the molecule is CNC(=O)c1c(-c2ccc(F)cc2)oc2cc(N(C)S(C)(=O)=O)c(-c3ccc(OCC(F)(F)F)c(C4=NC5C(F)=CC=CC5O4)c3)cc12. The van der Waals surface area contributed by atoms with Gasteiger partial charge in [0.2, 0.25) is 15.9 Å². The molecule has 9 nitrogen and oxygen atoms in total. The minimum atomic E-state index is -4.68. The second-order valence-electron chi connectivity index (χ2n) is 11.0. The molecule has 1 amide bonds. The number of nitrogens with one attached hydrogen (secondary N) is 1. The van der Waals surface area contributed by atoms with Gasteiger partial charge in [-0.1, -0.05) is 12.1 Å². The fourth-order valence-electron chi connectivity index (χ4n) is 5.38. The second kappa shape index (κ2) is 12.1. The lowest BCUT2D eigenvalue weighted by molar-refractivity contribution is -0.153. The van der Waals surface area contributed by atoms with Gasteiger partial charge in [0, 0.05) is 36.7 Å². The van der Waals surface area contributed by atoms with Crippen LogP contribution in [0.25, 0.3) is 33.4 Å². The van der Waals surface area contributed by atoms with Gasteiger partial charge in [0.25, 0.3) is 5.91 Å². The Bertz CT molecular complexity index is 2140. The number of halogens is 5. The summed E-state index contributed by atoms with van der Waals surface area (Å²) in [6.07, 6.45) is -0.374. The highest BCUT2D eigenvalue weighted by Gasteiger charge is 2.37. The molecular formula is C33H26F5N3O6S. The molecule has 1 aromatic heterocycles. The van der Waals surface area contributed by atoms with Gasteiger partial charge in [0.1, 0.15) is 40.9 Å². The Morgan fingerprint density at radius 1 is 1.04 bits per heavy atom. The number of hydrogen-bond acceptors (Lipinski definition) is 7. The van der Waals surface area contributed by atoms with Crippen LogP contribution >= 0.6 is 0 Å². The number of carbonyl (C=O) groups is 1. The first-order chi connectivity index (χ1) is 22.6. The van der Waals surface area contributed by atoms with Crippen molar-refractivity contribution in [3.8, 4) is 28.2 Å². The Labute approximate surface area is 271 Å². The van der Waals surface area contributed by atoms with Gasteiger partial charge in [0.15, 0.2) is 6.61 Å². The van der Waals surface area contributed by atoms with Crippen molar-refractivity contribution >= 4 is 38.5 Å². The van der Waals surface area contributed by atoms with Crippen molar-refractivity contribution < 1.29 is 49.1 Å². The maximum absolute atomic E-state index is 14.6. The van der Waals surface area contributed by atoms with E-state index >= 15 is 0 Å². The standard InChI is InChI=1S/C33H26F5N3O6S/c1-39-31(42)28-21-14-20(24(41(2)48(3,43)44)15-27(21)46-30(28)17-7-10-19(34)11-8-17)18-9-12-25(45-16-33(36,37)38)22(13-18)32-40-29-23(35)5-4-6-26(29)47-32/h4-15,26,29H,16H2,1-3H3,(H,39,42). The highest BCUT2D eigenvalue weighted by Crippen LogP contribution is 2.43. The second-order valence-corrected chi connectivity index (χ2v) is 13.0. The van der Waals surface area contributed by atoms with E-state index in [0.29, 0.717) is 5.56 Å². The zero-order valence-electron chi connectivity index (χ0n) is 25.4. The third-order valence-electron chi connectivity index (χ3n) is 7.77. The van der Waals surface area contributed by atoms with E-state index in [4.69, 9.17) is 13.9 Å². The number of carbonyl (C=O) groups excluding carboxylic acids is 1. The van der Waals surface area contributed by atoms with Crippen LogP contribution in [0.2, 0.25) is 0 Å². The molecule has 250 valence electrons. The Hall–Kier alpha value is -5.18. The first-order valence-corrected chi connectivity index (χ1v) is 16.1. The van der Waals surface area contributed by atoms with Gasteiger partial charge in [-0.05, 0) is 60.2 Å². The third kappa shape index (κ3) is 6.24. The van der Waals surface area contributed by atoms with Crippen molar-refractivity contribution in [2.24, 2.45) is 4.99 Å². The third-order valence-corrected chi connectivity index (χ3v) is 8.96. The van der Waals surface area contributed by atoms with Crippen LogP contribution in [0.1, 0.15) is 15.9 Å². The highest BCUT2D eigenvalue weighted by atomic mass is 32.2. The highest BCUT2D eigenvalue weighted by molar-refractivity contribution is 7.92. The first kappa shape index (κ1) is 32.7. The van der Waals surface area contributed by atoms with E-state index in [1.165, 1.54) is 80.8 Å². The maximum Gasteiger partial charge on any atom is 0.422 e. The summed E-state index contributed by atoms with van der Waals surface area (Å²) >= 11 is 0. The van der Waals surface area contributed by atoms with Crippen LogP contribution in [0.15, 0.2) is 88.1 Å². The Kier molecular flexibility index (Phi) is 8.27. The summed E-state index contributed by atoms with van der Waals surface area (Å²) < 4.78 is 111. The van der Waals surface area contributed by atoms with Crippen molar-refractivity contribution in [2.75, 3.05) is 31.3 Å². The Balaban J connectivity index is 1.59. The van der Waals surface area contributed by atoms with E-state index in [2.05, 4.69) is 10.3 Å².